The lowest BCUT2D eigenvalue weighted by Gasteiger charge is -2.53. The van der Waals surface area contributed by atoms with Gasteiger partial charge in [-0.1, -0.05) is 45.4 Å². The van der Waals surface area contributed by atoms with Gasteiger partial charge in [-0.3, -0.25) is 4.79 Å². The van der Waals surface area contributed by atoms with Gasteiger partial charge in [-0.2, -0.15) is 0 Å². The van der Waals surface area contributed by atoms with E-state index < -0.39 is 0 Å². The zero-order chi connectivity index (χ0) is 22.8. The average molecular weight is 429 g/mol. The van der Waals surface area contributed by atoms with E-state index in [-0.39, 0.29) is 34.3 Å². The van der Waals surface area contributed by atoms with Gasteiger partial charge in [-0.15, -0.1) is 0 Å². The molecular formula is C27H44N2O2. The van der Waals surface area contributed by atoms with Crippen molar-refractivity contribution in [1.29, 1.82) is 0 Å². The summed E-state index contributed by atoms with van der Waals surface area (Å²) in [7, 11) is 4.47. The standard InChI is InChI=1S/C27H44N2O2/c1-17(28-16-30)24-22(31)15-27(5)21-10-9-20-18(14-19(21)12-13-26(24,27)4)8-11-23(29(6)7)25(20,2)3/h12,14,16-17,20-24,31H,8-11,13,15H2,1-7H3,(H,28,30)/t17-,20?,21?,22+,23-,24-,26+,27-/m0/s1. The van der Waals surface area contributed by atoms with Crippen molar-refractivity contribution in [3.8, 4) is 0 Å². The average Bonchev–Trinajstić information content (AvgIpc) is 2.79. The lowest BCUT2D eigenvalue weighted by Crippen LogP contribution is -2.50. The third-order valence-electron chi connectivity index (χ3n) is 10.5. The SMILES string of the molecule is C[C@H](NC=O)[C@H]1[C@H](O)C[C@@]2(C)C3CCC4C(=CC3=CC[C@]12C)CC[C@H](N(C)C)C4(C)C. The van der Waals surface area contributed by atoms with Crippen LogP contribution in [0, 0.1) is 34.0 Å². The number of fused-ring (bicyclic) bond motifs is 4. The maximum absolute atomic E-state index is 11.2. The van der Waals surface area contributed by atoms with Crippen LogP contribution in [0.15, 0.2) is 23.3 Å². The number of allylic oxidation sites excluding steroid dienone is 4. The van der Waals surface area contributed by atoms with Crippen LogP contribution in [-0.4, -0.2) is 48.7 Å². The number of nitrogens with one attached hydrogen (secondary N) is 1. The third-order valence-corrected chi connectivity index (χ3v) is 10.5. The van der Waals surface area contributed by atoms with Crippen LogP contribution in [-0.2, 0) is 4.79 Å². The number of nitrogens with zero attached hydrogens (tertiary/aromatic N) is 1. The first-order chi connectivity index (χ1) is 14.5. The molecule has 1 amide bonds. The van der Waals surface area contributed by atoms with Crippen LogP contribution in [0.1, 0.15) is 73.1 Å². The summed E-state index contributed by atoms with van der Waals surface area (Å²) in [6.45, 7) is 11.8. The highest BCUT2D eigenvalue weighted by Gasteiger charge is 2.64. The predicted octanol–water partition coefficient (Wildman–Crippen LogP) is 4.55. The van der Waals surface area contributed by atoms with Crippen molar-refractivity contribution in [3.05, 3.63) is 23.3 Å². The maximum Gasteiger partial charge on any atom is 0.207 e. The fourth-order valence-corrected chi connectivity index (χ4v) is 8.85. The zero-order valence-electron chi connectivity index (χ0n) is 20.7. The van der Waals surface area contributed by atoms with E-state index in [1.807, 2.05) is 0 Å². The Labute approximate surface area is 189 Å². The summed E-state index contributed by atoms with van der Waals surface area (Å²) in [6.07, 6.45) is 12.2. The number of amides is 1. The second-order valence-corrected chi connectivity index (χ2v) is 12.4. The number of hydrogen-bond donors (Lipinski definition) is 2. The van der Waals surface area contributed by atoms with Crippen LogP contribution in [0.3, 0.4) is 0 Å². The second kappa shape index (κ2) is 7.73. The molecule has 0 saturated heterocycles. The Morgan fingerprint density at radius 1 is 1.13 bits per heavy atom. The molecule has 0 aliphatic heterocycles. The molecule has 4 aliphatic rings. The molecule has 0 aromatic heterocycles. The summed E-state index contributed by atoms with van der Waals surface area (Å²) in [6, 6.07) is 0.610. The Hall–Kier alpha value is -1.13. The molecule has 8 atom stereocenters. The molecule has 2 N–H and O–H groups in total. The highest BCUT2D eigenvalue weighted by molar-refractivity contribution is 5.47. The molecule has 0 spiro atoms. The van der Waals surface area contributed by atoms with E-state index in [9.17, 15) is 9.90 Å². The molecule has 4 heteroatoms. The van der Waals surface area contributed by atoms with Gasteiger partial charge in [0.2, 0.25) is 6.41 Å². The number of aliphatic hydroxyl groups is 1. The van der Waals surface area contributed by atoms with Gasteiger partial charge in [-0.05, 0) is 93.2 Å². The zero-order valence-corrected chi connectivity index (χ0v) is 20.7. The third kappa shape index (κ3) is 3.27. The van der Waals surface area contributed by atoms with E-state index in [0.29, 0.717) is 17.9 Å². The monoisotopic (exact) mass is 428 g/mol. The summed E-state index contributed by atoms with van der Waals surface area (Å²) in [4.78, 5) is 13.6. The van der Waals surface area contributed by atoms with Gasteiger partial charge in [0, 0.05) is 18.0 Å². The topological polar surface area (TPSA) is 52.6 Å². The van der Waals surface area contributed by atoms with Crippen molar-refractivity contribution >= 4 is 6.41 Å². The van der Waals surface area contributed by atoms with Gasteiger partial charge in [0.1, 0.15) is 0 Å². The highest BCUT2D eigenvalue weighted by Crippen LogP contribution is 2.67. The fourth-order valence-electron chi connectivity index (χ4n) is 8.85. The molecule has 2 saturated carbocycles. The van der Waals surface area contributed by atoms with E-state index in [1.54, 1.807) is 5.57 Å². The molecule has 0 aromatic rings. The minimum absolute atomic E-state index is 0.00822. The molecule has 4 rings (SSSR count). The quantitative estimate of drug-likeness (QED) is 0.646. The van der Waals surface area contributed by atoms with Crippen molar-refractivity contribution < 1.29 is 9.90 Å². The lowest BCUT2D eigenvalue weighted by molar-refractivity contribution is -0.111. The van der Waals surface area contributed by atoms with Gasteiger partial charge in [-0.25, -0.2) is 0 Å². The van der Waals surface area contributed by atoms with Gasteiger partial charge < -0.3 is 15.3 Å². The lowest BCUT2D eigenvalue weighted by atomic mass is 9.51. The van der Waals surface area contributed by atoms with E-state index in [0.717, 1.165) is 19.3 Å². The summed E-state index contributed by atoms with van der Waals surface area (Å²) in [5, 5.41) is 14.2. The highest BCUT2D eigenvalue weighted by atomic mass is 16.3. The van der Waals surface area contributed by atoms with Gasteiger partial charge in [0.25, 0.3) is 0 Å². The second-order valence-electron chi connectivity index (χ2n) is 12.4. The molecule has 4 aliphatic carbocycles. The summed E-state index contributed by atoms with van der Waals surface area (Å²) in [5.41, 5.74) is 3.50. The van der Waals surface area contributed by atoms with Crippen LogP contribution < -0.4 is 5.32 Å². The Morgan fingerprint density at radius 3 is 2.45 bits per heavy atom. The molecule has 0 bridgehead atoms. The van der Waals surface area contributed by atoms with Gasteiger partial charge in [0.15, 0.2) is 0 Å². The molecule has 0 aromatic carbocycles. The molecule has 174 valence electrons. The molecule has 4 nitrogen and oxygen atoms in total. The summed E-state index contributed by atoms with van der Waals surface area (Å²) in [5.74, 6) is 1.21. The first kappa shape index (κ1) is 23.0. The molecular weight excluding hydrogens is 384 g/mol. The minimum atomic E-state index is -0.363. The summed E-state index contributed by atoms with van der Waals surface area (Å²) < 4.78 is 0. The number of rotatable bonds is 4. The van der Waals surface area contributed by atoms with Crippen molar-refractivity contribution in [2.45, 2.75) is 91.3 Å². The Bertz CT molecular complexity index is 784. The smallest absolute Gasteiger partial charge is 0.207 e. The largest absolute Gasteiger partial charge is 0.393 e. The van der Waals surface area contributed by atoms with E-state index >= 15 is 0 Å². The Kier molecular flexibility index (Phi) is 5.74. The first-order valence-corrected chi connectivity index (χ1v) is 12.4. The van der Waals surface area contributed by atoms with Crippen LogP contribution in [0.2, 0.25) is 0 Å². The van der Waals surface area contributed by atoms with Crippen LogP contribution in [0.25, 0.3) is 0 Å². The van der Waals surface area contributed by atoms with Crippen molar-refractivity contribution in [2.75, 3.05) is 14.1 Å². The fraction of sp³-hybridized carbons (Fsp3) is 0.815. The van der Waals surface area contributed by atoms with Crippen molar-refractivity contribution in [2.24, 2.45) is 34.0 Å². The molecule has 0 heterocycles. The number of hydrogen-bond acceptors (Lipinski definition) is 3. The van der Waals surface area contributed by atoms with Crippen LogP contribution in [0.5, 0.6) is 0 Å². The summed E-state index contributed by atoms with van der Waals surface area (Å²) >= 11 is 0. The molecule has 0 radical (unpaired) electrons. The normalized spacial score (nSPS) is 44.9. The Balaban J connectivity index is 1.69. The molecule has 2 fully saturated rings. The molecule has 2 unspecified atom stereocenters. The van der Waals surface area contributed by atoms with Crippen molar-refractivity contribution in [1.82, 2.24) is 10.2 Å². The van der Waals surface area contributed by atoms with Gasteiger partial charge >= 0.3 is 0 Å². The van der Waals surface area contributed by atoms with E-state index in [2.05, 4.69) is 71.1 Å². The predicted molar refractivity (Wildman–Crippen MR) is 126 cm³/mol. The van der Waals surface area contributed by atoms with Gasteiger partial charge in [0.05, 0.1) is 6.10 Å². The van der Waals surface area contributed by atoms with Crippen LogP contribution >= 0.6 is 0 Å². The van der Waals surface area contributed by atoms with E-state index in [1.165, 1.54) is 31.3 Å². The Morgan fingerprint density at radius 2 is 1.81 bits per heavy atom. The number of carbonyl (C=O) groups is 1. The van der Waals surface area contributed by atoms with Crippen molar-refractivity contribution in [3.63, 3.8) is 0 Å². The molecule has 31 heavy (non-hydrogen) atoms. The maximum atomic E-state index is 11.2. The minimum Gasteiger partial charge on any atom is -0.393 e. The van der Waals surface area contributed by atoms with Crippen LogP contribution in [0.4, 0.5) is 0 Å². The first-order valence-electron chi connectivity index (χ1n) is 12.4. The van der Waals surface area contributed by atoms with E-state index in [4.69, 9.17) is 0 Å². The number of aliphatic hydroxyl groups excluding tert-OH is 1. The number of carbonyl (C=O) groups excluding carboxylic acids is 1.